The fraction of sp³-hybridized carbons (Fsp3) is 0.923. The molecule has 0 aromatic carbocycles. The molecule has 2 unspecified atom stereocenters. The smallest absolute Gasteiger partial charge is 0.224 e. The zero-order valence-electron chi connectivity index (χ0n) is 11.4. The second-order valence-electron chi connectivity index (χ2n) is 5.00. The van der Waals surface area contributed by atoms with Gasteiger partial charge < -0.3 is 14.9 Å². The Labute approximate surface area is 118 Å². The number of aliphatic hydroxyl groups is 1. The lowest BCUT2D eigenvalue weighted by Gasteiger charge is -2.26. The fourth-order valence-electron chi connectivity index (χ4n) is 2.45. The minimum Gasteiger partial charge on any atom is -0.395 e. The van der Waals surface area contributed by atoms with Gasteiger partial charge in [-0.2, -0.15) is 0 Å². The number of carbonyl (C=O) groups excluding carboxylic acids is 1. The number of nitrogens with zero attached hydrogens (tertiary/aromatic N) is 2. The molecule has 18 heavy (non-hydrogen) atoms. The second kappa shape index (κ2) is 8.12. The molecule has 1 saturated heterocycles. The maximum absolute atomic E-state index is 11.7. The number of hydrogen-bond donors (Lipinski definition) is 1. The fourth-order valence-corrected chi connectivity index (χ4v) is 3.04. The summed E-state index contributed by atoms with van der Waals surface area (Å²) in [4.78, 5) is 16.3. The Hall–Kier alpha value is -0.130. The van der Waals surface area contributed by atoms with Gasteiger partial charge in [-0.05, 0) is 32.9 Å². The third-order valence-electron chi connectivity index (χ3n) is 3.60. The number of carbonyl (C=O) groups is 1. The number of likely N-dealkylation sites (N-methyl/N-ethyl adjacent to an activating group) is 1. The van der Waals surface area contributed by atoms with Crippen molar-refractivity contribution in [2.45, 2.75) is 44.0 Å². The van der Waals surface area contributed by atoms with Gasteiger partial charge in [0.15, 0.2) is 0 Å². The molecule has 1 aliphatic heterocycles. The molecule has 1 fully saturated rings. The van der Waals surface area contributed by atoms with E-state index in [9.17, 15) is 4.79 Å². The minimum absolute atomic E-state index is 0.221. The number of halogens is 1. The maximum Gasteiger partial charge on any atom is 0.224 e. The Morgan fingerprint density at radius 2 is 2.28 bits per heavy atom. The molecule has 0 spiro atoms. The molecule has 5 heteroatoms. The molecule has 4 nitrogen and oxygen atoms in total. The summed E-state index contributed by atoms with van der Waals surface area (Å²) < 4.78 is 0. The van der Waals surface area contributed by atoms with Gasteiger partial charge in [-0.15, -0.1) is 0 Å². The number of likely N-dealkylation sites (tertiary alicyclic amines) is 1. The molecule has 1 aliphatic rings. The van der Waals surface area contributed by atoms with E-state index in [2.05, 4.69) is 34.7 Å². The SMILES string of the molecule is CCN(CCO)CCCC(C)N1CC(Br)CC1=O. The van der Waals surface area contributed by atoms with Gasteiger partial charge >= 0.3 is 0 Å². The van der Waals surface area contributed by atoms with E-state index in [-0.39, 0.29) is 12.5 Å². The lowest BCUT2D eigenvalue weighted by molar-refractivity contribution is -0.129. The van der Waals surface area contributed by atoms with Crippen LogP contribution >= 0.6 is 15.9 Å². The van der Waals surface area contributed by atoms with Gasteiger partial charge in [0.05, 0.1) is 6.61 Å². The van der Waals surface area contributed by atoms with E-state index < -0.39 is 0 Å². The van der Waals surface area contributed by atoms with Crippen molar-refractivity contribution >= 4 is 21.8 Å². The van der Waals surface area contributed by atoms with Crippen LogP contribution in [0.25, 0.3) is 0 Å². The summed E-state index contributed by atoms with van der Waals surface area (Å²) in [6, 6.07) is 0.327. The van der Waals surface area contributed by atoms with Crippen molar-refractivity contribution in [1.29, 1.82) is 0 Å². The van der Waals surface area contributed by atoms with Gasteiger partial charge in [-0.1, -0.05) is 22.9 Å². The number of amides is 1. The van der Waals surface area contributed by atoms with Crippen LogP contribution in [0, 0.1) is 0 Å². The standard InChI is InChI=1S/C13H25BrN2O2/c1-3-15(7-8-17)6-4-5-11(2)16-10-12(14)9-13(16)18/h11-12,17H,3-10H2,1-2H3. The van der Waals surface area contributed by atoms with Crippen LogP contribution < -0.4 is 0 Å². The predicted octanol–water partition coefficient (Wildman–Crippen LogP) is 1.47. The molecule has 1 amide bonds. The lowest BCUT2D eigenvalue weighted by Crippen LogP contribution is -2.35. The normalized spacial score (nSPS) is 21.9. The van der Waals surface area contributed by atoms with Crippen molar-refractivity contribution in [3.8, 4) is 0 Å². The number of alkyl halides is 1. The van der Waals surface area contributed by atoms with E-state index in [1.807, 2.05) is 4.90 Å². The first-order chi connectivity index (χ1) is 8.58. The lowest BCUT2D eigenvalue weighted by atomic mass is 10.1. The highest BCUT2D eigenvalue weighted by atomic mass is 79.9. The van der Waals surface area contributed by atoms with E-state index in [1.165, 1.54) is 0 Å². The Kier molecular flexibility index (Phi) is 7.19. The van der Waals surface area contributed by atoms with Crippen LogP contribution in [-0.2, 0) is 4.79 Å². The molecule has 0 aromatic heterocycles. The molecule has 0 bridgehead atoms. The van der Waals surface area contributed by atoms with Crippen LogP contribution in [0.4, 0.5) is 0 Å². The highest BCUT2D eigenvalue weighted by Crippen LogP contribution is 2.22. The molecule has 1 N–H and O–H groups in total. The average molecular weight is 321 g/mol. The summed E-state index contributed by atoms with van der Waals surface area (Å²) in [6.45, 7) is 8.02. The summed E-state index contributed by atoms with van der Waals surface area (Å²) in [5.41, 5.74) is 0. The first kappa shape index (κ1) is 15.9. The molecule has 106 valence electrons. The molecule has 2 atom stereocenters. The van der Waals surface area contributed by atoms with Gasteiger partial charge in [0.1, 0.15) is 0 Å². The Balaban J connectivity index is 2.24. The zero-order chi connectivity index (χ0) is 13.5. The second-order valence-corrected chi connectivity index (χ2v) is 6.29. The van der Waals surface area contributed by atoms with Crippen LogP contribution in [0.5, 0.6) is 0 Å². The molecule has 0 aliphatic carbocycles. The maximum atomic E-state index is 11.7. The minimum atomic E-state index is 0.221. The third kappa shape index (κ3) is 4.86. The topological polar surface area (TPSA) is 43.8 Å². The first-order valence-corrected chi connectivity index (χ1v) is 7.76. The van der Waals surface area contributed by atoms with Crippen molar-refractivity contribution < 1.29 is 9.90 Å². The van der Waals surface area contributed by atoms with Crippen molar-refractivity contribution in [1.82, 2.24) is 9.80 Å². The van der Waals surface area contributed by atoms with Crippen LogP contribution in [0.3, 0.4) is 0 Å². The summed E-state index contributed by atoms with van der Waals surface area (Å²) in [6.07, 6.45) is 2.75. The molecular weight excluding hydrogens is 296 g/mol. The van der Waals surface area contributed by atoms with E-state index >= 15 is 0 Å². The van der Waals surface area contributed by atoms with E-state index in [0.717, 1.165) is 39.0 Å². The van der Waals surface area contributed by atoms with Crippen LogP contribution in [-0.4, -0.2) is 64.5 Å². The van der Waals surface area contributed by atoms with Crippen LogP contribution in [0.2, 0.25) is 0 Å². The van der Waals surface area contributed by atoms with Crippen LogP contribution in [0.1, 0.15) is 33.1 Å². The monoisotopic (exact) mass is 320 g/mol. The summed E-state index contributed by atoms with van der Waals surface area (Å²) >= 11 is 3.51. The zero-order valence-corrected chi connectivity index (χ0v) is 13.0. The largest absolute Gasteiger partial charge is 0.395 e. The van der Waals surface area contributed by atoms with Gasteiger partial charge in [0, 0.05) is 30.4 Å². The molecule has 1 heterocycles. The number of rotatable bonds is 8. The number of hydrogen-bond acceptors (Lipinski definition) is 3. The molecule has 1 rings (SSSR count). The van der Waals surface area contributed by atoms with Crippen molar-refractivity contribution in [2.24, 2.45) is 0 Å². The summed E-state index contributed by atoms with van der Waals surface area (Å²) in [7, 11) is 0. The first-order valence-electron chi connectivity index (χ1n) is 6.85. The van der Waals surface area contributed by atoms with Gasteiger partial charge in [-0.25, -0.2) is 0 Å². The Bertz CT molecular complexity index is 263. The van der Waals surface area contributed by atoms with Gasteiger partial charge in [0.2, 0.25) is 5.91 Å². The van der Waals surface area contributed by atoms with Crippen molar-refractivity contribution in [2.75, 3.05) is 32.8 Å². The van der Waals surface area contributed by atoms with Crippen LogP contribution in [0.15, 0.2) is 0 Å². The predicted molar refractivity (Wildman–Crippen MR) is 76.9 cm³/mol. The highest BCUT2D eigenvalue weighted by Gasteiger charge is 2.30. The van der Waals surface area contributed by atoms with Crippen molar-refractivity contribution in [3.05, 3.63) is 0 Å². The Morgan fingerprint density at radius 3 is 2.78 bits per heavy atom. The van der Waals surface area contributed by atoms with E-state index in [1.54, 1.807) is 0 Å². The third-order valence-corrected chi connectivity index (χ3v) is 4.22. The summed E-state index contributed by atoms with van der Waals surface area (Å²) in [5.74, 6) is 0.270. The van der Waals surface area contributed by atoms with Gasteiger partial charge in [0.25, 0.3) is 0 Å². The molecule has 0 saturated carbocycles. The number of aliphatic hydroxyl groups excluding tert-OH is 1. The molecular formula is C13H25BrN2O2. The summed E-state index contributed by atoms with van der Waals surface area (Å²) in [5, 5.41) is 8.91. The quantitative estimate of drug-likeness (QED) is 0.689. The molecule has 0 radical (unpaired) electrons. The highest BCUT2D eigenvalue weighted by molar-refractivity contribution is 9.09. The Morgan fingerprint density at radius 1 is 1.56 bits per heavy atom. The molecule has 0 aromatic rings. The van der Waals surface area contributed by atoms with Gasteiger partial charge in [-0.3, -0.25) is 4.79 Å². The van der Waals surface area contributed by atoms with E-state index in [4.69, 9.17) is 5.11 Å². The van der Waals surface area contributed by atoms with E-state index in [0.29, 0.717) is 17.3 Å². The average Bonchev–Trinajstić information content (AvgIpc) is 2.67. The van der Waals surface area contributed by atoms with Crippen molar-refractivity contribution in [3.63, 3.8) is 0 Å².